The first-order chi connectivity index (χ1) is 10.8. The molecule has 110 valence electrons. The van der Waals surface area contributed by atoms with Gasteiger partial charge in [0.25, 0.3) is 0 Å². The van der Waals surface area contributed by atoms with Gasteiger partial charge in [-0.25, -0.2) is 4.98 Å². The Bertz CT molecular complexity index is 789. The van der Waals surface area contributed by atoms with Crippen LogP contribution in [0.25, 0.3) is 22.2 Å². The van der Waals surface area contributed by atoms with E-state index in [0.29, 0.717) is 11.8 Å². The maximum atomic E-state index is 5.80. The van der Waals surface area contributed by atoms with Crippen molar-refractivity contribution >= 4 is 10.9 Å². The maximum Gasteiger partial charge on any atom is 0.0744 e. The molecule has 2 nitrogen and oxygen atoms in total. The Morgan fingerprint density at radius 1 is 0.955 bits per heavy atom. The molecule has 0 bridgehead atoms. The van der Waals surface area contributed by atoms with Crippen molar-refractivity contribution in [3.05, 3.63) is 66.2 Å². The van der Waals surface area contributed by atoms with Crippen LogP contribution in [0.1, 0.15) is 24.3 Å². The minimum atomic E-state index is 0.598. The molecule has 2 N–H and O–H groups in total. The SMILES string of the molecule is NCC1CC(c2cc3ccccc3nc2-c2ccccc2)C1. The molecule has 3 aromatic rings. The van der Waals surface area contributed by atoms with Crippen molar-refractivity contribution in [2.75, 3.05) is 6.54 Å². The summed E-state index contributed by atoms with van der Waals surface area (Å²) in [4.78, 5) is 4.97. The summed E-state index contributed by atoms with van der Waals surface area (Å²) in [6, 6.07) is 21.2. The molecule has 1 aromatic heterocycles. The molecule has 2 aromatic carbocycles. The van der Waals surface area contributed by atoms with E-state index in [1.807, 2.05) is 0 Å². The van der Waals surface area contributed by atoms with Crippen molar-refractivity contribution < 1.29 is 0 Å². The lowest BCUT2D eigenvalue weighted by molar-refractivity contribution is 0.272. The van der Waals surface area contributed by atoms with Crippen LogP contribution in [0.2, 0.25) is 0 Å². The van der Waals surface area contributed by atoms with Gasteiger partial charge >= 0.3 is 0 Å². The number of para-hydroxylation sites is 1. The van der Waals surface area contributed by atoms with Crippen LogP contribution in [0.5, 0.6) is 0 Å². The van der Waals surface area contributed by atoms with Crippen molar-refractivity contribution in [2.45, 2.75) is 18.8 Å². The van der Waals surface area contributed by atoms with Gasteiger partial charge in [-0.2, -0.15) is 0 Å². The molecule has 0 saturated heterocycles. The number of nitrogens with zero attached hydrogens (tertiary/aromatic N) is 1. The molecule has 2 heteroatoms. The highest BCUT2D eigenvalue weighted by molar-refractivity contribution is 5.83. The Labute approximate surface area is 131 Å². The fourth-order valence-electron chi connectivity index (χ4n) is 3.45. The Balaban J connectivity index is 1.85. The molecule has 1 fully saturated rings. The zero-order chi connectivity index (χ0) is 14.9. The van der Waals surface area contributed by atoms with E-state index in [-0.39, 0.29) is 0 Å². The second kappa shape index (κ2) is 5.54. The van der Waals surface area contributed by atoms with Gasteiger partial charge in [-0.3, -0.25) is 0 Å². The molecule has 0 amide bonds. The molecular weight excluding hydrogens is 268 g/mol. The van der Waals surface area contributed by atoms with E-state index < -0.39 is 0 Å². The molecule has 1 heterocycles. The van der Waals surface area contributed by atoms with E-state index in [0.717, 1.165) is 17.8 Å². The highest BCUT2D eigenvalue weighted by atomic mass is 14.7. The number of hydrogen-bond donors (Lipinski definition) is 1. The van der Waals surface area contributed by atoms with Crippen LogP contribution in [0.4, 0.5) is 0 Å². The van der Waals surface area contributed by atoms with Crippen LogP contribution >= 0.6 is 0 Å². The molecule has 0 aliphatic heterocycles. The Hall–Kier alpha value is -2.19. The smallest absolute Gasteiger partial charge is 0.0744 e. The predicted molar refractivity (Wildman–Crippen MR) is 91.7 cm³/mol. The lowest BCUT2D eigenvalue weighted by Crippen LogP contribution is -2.28. The normalized spacial score (nSPS) is 20.8. The van der Waals surface area contributed by atoms with Gasteiger partial charge in [0, 0.05) is 10.9 Å². The number of nitrogens with two attached hydrogens (primary N) is 1. The first kappa shape index (κ1) is 13.5. The van der Waals surface area contributed by atoms with E-state index in [9.17, 15) is 0 Å². The van der Waals surface area contributed by atoms with Gasteiger partial charge in [0.05, 0.1) is 11.2 Å². The van der Waals surface area contributed by atoms with Gasteiger partial charge in [-0.1, -0.05) is 48.5 Å². The summed E-state index contributed by atoms with van der Waals surface area (Å²) in [5.41, 5.74) is 10.6. The first-order valence-electron chi connectivity index (χ1n) is 8.00. The summed E-state index contributed by atoms with van der Waals surface area (Å²) in [6.45, 7) is 0.804. The Kier molecular flexibility index (Phi) is 3.39. The molecule has 0 spiro atoms. The fourth-order valence-corrected chi connectivity index (χ4v) is 3.45. The fraction of sp³-hybridized carbons (Fsp3) is 0.250. The van der Waals surface area contributed by atoms with E-state index in [2.05, 4.69) is 60.7 Å². The molecule has 22 heavy (non-hydrogen) atoms. The van der Waals surface area contributed by atoms with Crippen LogP contribution in [0.3, 0.4) is 0 Å². The number of pyridine rings is 1. The van der Waals surface area contributed by atoms with Crippen molar-refractivity contribution in [2.24, 2.45) is 11.7 Å². The van der Waals surface area contributed by atoms with Crippen LogP contribution in [0.15, 0.2) is 60.7 Å². The van der Waals surface area contributed by atoms with Crippen LogP contribution in [-0.4, -0.2) is 11.5 Å². The summed E-state index contributed by atoms with van der Waals surface area (Å²) in [5.74, 6) is 1.28. The molecule has 0 atom stereocenters. The van der Waals surface area contributed by atoms with Crippen molar-refractivity contribution in [1.29, 1.82) is 0 Å². The summed E-state index contributed by atoms with van der Waals surface area (Å²) >= 11 is 0. The highest BCUT2D eigenvalue weighted by Gasteiger charge is 2.31. The molecule has 4 rings (SSSR count). The van der Waals surface area contributed by atoms with Gasteiger partial charge < -0.3 is 5.73 Å². The zero-order valence-electron chi connectivity index (χ0n) is 12.6. The quantitative estimate of drug-likeness (QED) is 0.778. The standard InChI is InChI=1S/C20H20N2/c21-13-14-10-17(11-14)18-12-16-8-4-5-9-19(16)22-20(18)15-6-2-1-3-7-15/h1-9,12,14,17H,10-11,13,21H2. The Morgan fingerprint density at radius 3 is 2.45 bits per heavy atom. The van der Waals surface area contributed by atoms with Crippen LogP contribution < -0.4 is 5.73 Å². The van der Waals surface area contributed by atoms with E-state index in [1.165, 1.54) is 29.4 Å². The first-order valence-corrected chi connectivity index (χ1v) is 8.00. The highest BCUT2D eigenvalue weighted by Crippen LogP contribution is 2.44. The van der Waals surface area contributed by atoms with Gasteiger partial charge in [-0.05, 0) is 48.9 Å². The summed E-state index contributed by atoms with van der Waals surface area (Å²) in [5, 5.41) is 1.23. The third kappa shape index (κ3) is 2.30. The minimum absolute atomic E-state index is 0.598. The summed E-state index contributed by atoms with van der Waals surface area (Å²) in [6.07, 6.45) is 2.38. The molecule has 0 radical (unpaired) electrons. The molecule has 1 aliphatic carbocycles. The molecule has 0 unspecified atom stereocenters. The zero-order valence-corrected chi connectivity index (χ0v) is 12.6. The van der Waals surface area contributed by atoms with Crippen molar-refractivity contribution in [3.8, 4) is 11.3 Å². The minimum Gasteiger partial charge on any atom is -0.330 e. The second-order valence-electron chi connectivity index (χ2n) is 6.25. The van der Waals surface area contributed by atoms with E-state index in [1.54, 1.807) is 0 Å². The second-order valence-corrected chi connectivity index (χ2v) is 6.25. The number of hydrogen-bond acceptors (Lipinski definition) is 2. The van der Waals surface area contributed by atoms with Crippen LogP contribution in [-0.2, 0) is 0 Å². The van der Waals surface area contributed by atoms with Crippen molar-refractivity contribution in [1.82, 2.24) is 4.98 Å². The average molecular weight is 288 g/mol. The van der Waals surface area contributed by atoms with Crippen molar-refractivity contribution in [3.63, 3.8) is 0 Å². The van der Waals surface area contributed by atoms with Gasteiger partial charge in [0.2, 0.25) is 0 Å². The Morgan fingerprint density at radius 2 is 1.68 bits per heavy atom. The maximum absolute atomic E-state index is 5.80. The molecular formula is C20H20N2. The largest absolute Gasteiger partial charge is 0.330 e. The number of benzene rings is 2. The number of rotatable bonds is 3. The third-order valence-corrected chi connectivity index (χ3v) is 4.81. The summed E-state index contributed by atoms with van der Waals surface area (Å²) in [7, 11) is 0. The van der Waals surface area contributed by atoms with Gasteiger partial charge in [0.1, 0.15) is 0 Å². The van der Waals surface area contributed by atoms with E-state index in [4.69, 9.17) is 10.7 Å². The third-order valence-electron chi connectivity index (χ3n) is 4.81. The summed E-state index contributed by atoms with van der Waals surface area (Å²) < 4.78 is 0. The predicted octanol–water partition coefficient (Wildman–Crippen LogP) is 4.35. The lowest BCUT2D eigenvalue weighted by atomic mass is 9.70. The topological polar surface area (TPSA) is 38.9 Å². The molecule has 1 saturated carbocycles. The number of fused-ring (bicyclic) bond motifs is 1. The van der Waals surface area contributed by atoms with E-state index >= 15 is 0 Å². The number of aromatic nitrogens is 1. The molecule has 1 aliphatic rings. The van der Waals surface area contributed by atoms with Crippen LogP contribution in [0, 0.1) is 5.92 Å². The monoisotopic (exact) mass is 288 g/mol. The lowest BCUT2D eigenvalue weighted by Gasteiger charge is -2.36. The average Bonchev–Trinajstić information content (AvgIpc) is 2.54. The van der Waals surface area contributed by atoms with Gasteiger partial charge in [-0.15, -0.1) is 0 Å². The van der Waals surface area contributed by atoms with Gasteiger partial charge in [0.15, 0.2) is 0 Å².